The number of aromatic nitrogens is 3. The number of hydrogen-bond acceptors (Lipinski definition) is 4. The summed E-state index contributed by atoms with van der Waals surface area (Å²) in [6.07, 6.45) is 7.48. The van der Waals surface area contributed by atoms with Gasteiger partial charge in [-0.05, 0) is 36.1 Å². The summed E-state index contributed by atoms with van der Waals surface area (Å²) in [5, 5.41) is 5.78. The van der Waals surface area contributed by atoms with Crippen LogP contribution < -0.4 is 5.32 Å². The molecular formula is C16H18N4S. The Hall–Kier alpha value is -1.98. The zero-order valence-electron chi connectivity index (χ0n) is 12.1. The van der Waals surface area contributed by atoms with Crippen molar-refractivity contribution in [2.24, 2.45) is 7.05 Å². The van der Waals surface area contributed by atoms with Crippen LogP contribution in [0.1, 0.15) is 35.3 Å². The molecule has 3 aromatic rings. The third-order valence-corrected chi connectivity index (χ3v) is 4.50. The molecule has 1 N–H and O–H groups in total. The first-order valence-corrected chi connectivity index (χ1v) is 7.80. The van der Waals surface area contributed by atoms with Gasteiger partial charge in [-0.25, -0.2) is 4.98 Å². The lowest BCUT2D eigenvalue weighted by atomic mass is 10.1. The van der Waals surface area contributed by atoms with Gasteiger partial charge < -0.3 is 4.57 Å². The average molecular weight is 298 g/mol. The van der Waals surface area contributed by atoms with Gasteiger partial charge in [0.1, 0.15) is 11.9 Å². The van der Waals surface area contributed by atoms with Crippen molar-refractivity contribution in [1.29, 1.82) is 0 Å². The molecule has 0 saturated heterocycles. The molecule has 0 aliphatic heterocycles. The highest BCUT2D eigenvalue weighted by atomic mass is 32.1. The fourth-order valence-electron chi connectivity index (χ4n) is 2.39. The van der Waals surface area contributed by atoms with E-state index >= 15 is 0 Å². The number of imidazole rings is 1. The van der Waals surface area contributed by atoms with E-state index < -0.39 is 0 Å². The van der Waals surface area contributed by atoms with E-state index in [4.69, 9.17) is 0 Å². The Labute approximate surface area is 128 Å². The fraction of sp³-hybridized carbons (Fsp3) is 0.250. The molecule has 0 aliphatic carbocycles. The molecule has 0 fully saturated rings. The first-order valence-electron chi connectivity index (χ1n) is 6.92. The lowest BCUT2D eigenvalue weighted by Crippen LogP contribution is -2.27. The highest BCUT2D eigenvalue weighted by Crippen LogP contribution is 2.27. The summed E-state index contributed by atoms with van der Waals surface area (Å²) < 4.78 is 2.07. The second-order valence-corrected chi connectivity index (χ2v) is 5.99. The lowest BCUT2D eigenvalue weighted by Gasteiger charge is -2.22. The van der Waals surface area contributed by atoms with Crippen LogP contribution in [0, 0.1) is 0 Å². The SMILES string of the molecule is C[C@@H](NC(c1cccs1)c1nccn1C)c1ccncc1. The maximum absolute atomic E-state index is 4.51. The topological polar surface area (TPSA) is 42.7 Å². The molecule has 0 radical (unpaired) electrons. The molecule has 0 aromatic carbocycles. The number of pyridine rings is 1. The van der Waals surface area contributed by atoms with Gasteiger partial charge in [0.05, 0.1) is 0 Å². The Bertz CT molecular complexity index is 675. The summed E-state index contributed by atoms with van der Waals surface area (Å²) in [6, 6.07) is 8.62. The summed E-state index contributed by atoms with van der Waals surface area (Å²) in [5.74, 6) is 1.03. The molecule has 1 unspecified atom stereocenters. The van der Waals surface area contributed by atoms with Crippen molar-refractivity contribution >= 4 is 11.3 Å². The third-order valence-electron chi connectivity index (χ3n) is 3.57. The van der Waals surface area contributed by atoms with E-state index in [9.17, 15) is 0 Å². The smallest absolute Gasteiger partial charge is 0.131 e. The van der Waals surface area contributed by atoms with Gasteiger partial charge in [0.25, 0.3) is 0 Å². The van der Waals surface area contributed by atoms with Crippen LogP contribution in [0.5, 0.6) is 0 Å². The van der Waals surface area contributed by atoms with Crippen LogP contribution in [0.4, 0.5) is 0 Å². The molecule has 3 rings (SSSR count). The maximum Gasteiger partial charge on any atom is 0.131 e. The van der Waals surface area contributed by atoms with Gasteiger partial charge in [-0.3, -0.25) is 10.3 Å². The summed E-state index contributed by atoms with van der Waals surface area (Å²) in [4.78, 5) is 9.86. The number of nitrogens with zero attached hydrogens (tertiary/aromatic N) is 3. The Balaban J connectivity index is 1.89. The highest BCUT2D eigenvalue weighted by Gasteiger charge is 2.21. The molecule has 0 bridgehead atoms. The number of nitrogens with one attached hydrogen (secondary N) is 1. The first kappa shape index (κ1) is 14.0. The van der Waals surface area contributed by atoms with Crippen LogP contribution >= 0.6 is 11.3 Å². The molecular weight excluding hydrogens is 280 g/mol. The molecule has 2 atom stereocenters. The predicted molar refractivity (Wildman–Crippen MR) is 85.2 cm³/mol. The van der Waals surface area contributed by atoms with E-state index in [1.54, 1.807) is 11.3 Å². The number of thiophene rings is 1. The standard InChI is InChI=1S/C16H18N4S/c1-12(13-5-7-17-8-6-13)19-15(14-4-3-11-21-14)16-18-9-10-20(16)2/h3-12,15,19H,1-2H3/t12-,15?/m1/s1. The quantitative estimate of drug-likeness (QED) is 0.786. The Morgan fingerprint density at radius 2 is 2.00 bits per heavy atom. The van der Waals surface area contributed by atoms with E-state index in [1.165, 1.54) is 10.4 Å². The Morgan fingerprint density at radius 1 is 1.19 bits per heavy atom. The van der Waals surface area contributed by atoms with Crippen molar-refractivity contribution in [3.8, 4) is 0 Å². The molecule has 21 heavy (non-hydrogen) atoms. The molecule has 0 aliphatic rings. The second kappa shape index (κ2) is 6.20. The summed E-state index contributed by atoms with van der Waals surface area (Å²) in [7, 11) is 2.03. The van der Waals surface area contributed by atoms with Crippen molar-refractivity contribution < 1.29 is 0 Å². The van der Waals surface area contributed by atoms with Gasteiger partial charge in [-0.2, -0.15) is 0 Å². The molecule has 4 nitrogen and oxygen atoms in total. The van der Waals surface area contributed by atoms with E-state index in [-0.39, 0.29) is 12.1 Å². The van der Waals surface area contributed by atoms with Crippen molar-refractivity contribution in [3.63, 3.8) is 0 Å². The minimum absolute atomic E-state index is 0.0909. The molecule has 3 heterocycles. The van der Waals surface area contributed by atoms with Gasteiger partial charge in [-0.1, -0.05) is 6.07 Å². The molecule has 5 heteroatoms. The summed E-state index contributed by atoms with van der Waals surface area (Å²) in [6.45, 7) is 2.17. The van der Waals surface area contributed by atoms with Gasteiger partial charge in [0.15, 0.2) is 0 Å². The lowest BCUT2D eigenvalue weighted by molar-refractivity contribution is 0.494. The molecule has 0 spiro atoms. The van der Waals surface area contributed by atoms with Gasteiger partial charge in [0, 0.05) is 42.8 Å². The van der Waals surface area contributed by atoms with E-state index in [2.05, 4.69) is 44.3 Å². The average Bonchev–Trinajstić information content (AvgIpc) is 3.17. The zero-order valence-corrected chi connectivity index (χ0v) is 12.9. The Kier molecular flexibility index (Phi) is 4.13. The van der Waals surface area contributed by atoms with E-state index in [0.29, 0.717) is 0 Å². The van der Waals surface area contributed by atoms with Crippen molar-refractivity contribution in [2.45, 2.75) is 19.0 Å². The van der Waals surface area contributed by atoms with Gasteiger partial charge >= 0.3 is 0 Å². The normalized spacial score (nSPS) is 14.0. The van der Waals surface area contributed by atoms with Crippen LogP contribution in [0.3, 0.4) is 0 Å². The third kappa shape index (κ3) is 3.04. The first-order chi connectivity index (χ1) is 10.3. The predicted octanol–water partition coefficient (Wildman–Crippen LogP) is 3.32. The van der Waals surface area contributed by atoms with Crippen LogP contribution in [-0.2, 0) is 7.05 Å². The fourth-order valence-corrected chi connectivity index (χ4v) is 3.17. The Morgan fingerprint density at radius 3 is 2.62 bits per heavy atom. The number of hydrogen-bond donors (Lipinski definition) is 1. The van der Waals surface area contributed by atoms with E-state index in [0.717, 1.165) is 5.82 Å². The van der Waals surface area contributed by atoms with Crippen LogP contribution in [-0.4, -0.2) is 14.5 Å². The zero-order chi connectivity index (χ0) is 14.7. The largest absolute Gasteiger partial charge is 0.336 e. The summed E-state index contributed by atoms with van der Waals surface area (Å²) >= 11 is 1.75. The molecule has 0 amide bonds. The van der Waals surface area contributed by atoms with Crippen molar-refractivity contribution in [1.82, 2.24) is 19.9 Å². The van der Waals surface area contributed by atoms with E-state index in [1.807, 2.05) is 44.0 Å². The van der Waals surface area contributed by atoms with Crippen LogP contribution in [0.15, 0.2) is 54.4 Å². The minimum atomic E-state index is 0.0909. The monoisotopic (exact) mass is 298 g/mol. The minimum Gasteiger partial charge on any atom is -0.336 e. The molecule has 0 saturated carbocycles. The van der Waals surface area contributed by atoms with Crippen molar-refractivity contribution in [3.05, 3.63) is 70.7 Å². The van der Waals surface area contributed by atoms with Gasteiger partial charge in [0.2, 0.25) is 0 Å². The molecule has 3 aromatic heterocycles. The highest BCUT2D eigenvalue weighted by molar-refractivity contribution is 7.10. The van der Waals surface area contributed by atoms with Crippen LogP contribution in [0.25, 0.3) is 0 Å². The number of rotatable bonds is 5. The molecule has 108 valence electrons. The number of aryl methyl sites for hydroxylation is 1. The van der Waals surface area contributed by atoms with Crippen molar-refractivity contribution in [2.75, 3.05) is 0 Å². The second-order valence-electron chi connectivity index (χ2n) is 5.01. The summed E-state index contributed by atoms with van der Waals surface area (Å²) in [5.41, 5.74) is 1.22. The maximum atomic E-state index is 4.51. The van der Waals surface area contributed by atoms with Gasteiger partial charge in [-0.15, -0.1) is 11.3 Å². The van der Waals surface area contributed by atoms with Crippen LogP contribution in [0.2, 0.25) is 0 Å².